The molecule has 0 aliphatic carbocycles. The van der Waals surface area contributed by atoms with Crippen LogP contribution in [0.4, 0.5) is 80.6 Å². The number of nitro groups is 8. The van der Waals surface area contributed by atoms with E-state index in [1.54, 1.807) is 0 Å². The van der Waals surface area contributed by atoms with Crippen LogP contribution in [0.5, 0.6) is 92.0 Å². The zero-order valence-electron chi connectivity index (χ0n) is 62.6. The molecule has 0 atom stereocenters. The van der Waals surface area contributed by atoms with Gasteiger partial charge in [0.2, 0.25) is 46.0 Å². The summed E-state index contributed by atoms with van der Waals surface area (Å²) in [4.78, 5) is 120. The van der Waals surface area contributed by atoms with E-state index in [0.29, 0.717) is 0 Å². The molecule has 40 nitrogen and oxygen atoms in total. The molecule has 0 saturated carbocycles. The van der Waals surface area contributed by atoms with Crippen molar-refractivity contribution in [2.24, 2.45) is 0 Å². The normalized spacial score (nSPS) is 11.3. The highest BCUT2D eigenvalue weighted by atomic mass is 19.2. The predicted molar refractivity (Wildman–Crippen MR) is 421 cm³/mol. The summed E-state index contributed by atoms with van der Waals surface area (Å²) in [5.41, 5.74) is -14.8. The molecule has 48 heteroatoms. The monoisotopic (exact) mass is 1750 g/mol. The van der Waals surface area contributed by atoms with E-state index < -0.39 is 313 Å². The average Bonchev–Trinajstić information content (AvgIpc) is 1.56. The summed E-state index contributed by atoms with van der Waals surface area (Å²) in [6.45, 7) is 0. The van der Waals surface area contributed by atoms with Gasteiger partial charge in [0.25, 0.3) is 45.5 Å². The third kappa shape index (κ3) is 14.8. The number of rotatable bonds is 24. The van der Waals surface area contributed by atoms with Gasteiger partial charge in [-0.2, -0.15) is 0 Å². The van der Waals surface area contributed by atoms with Crippen molar-refractivity contribution in [1.82, 2.24) is 39.9 Å². The fraction of sp³-hybridized carbons (Fsp3) is 0. The fourth-order valence-corrected chi connectivity index (χ4v) is 13.1. The average molecular weight is 1760 g/mol. The number of ether oxygens (including phenoxy) is 8. The van der Waals surface area contributed by atoms with Crippen molar-refractivity contribution in [3.63, 3.8) is 0 Å². The van der Waals surface area contributed by atoms with Crippen molar-refractivity contribution in [2.75, 3.05) is 0 Å². The lowest BCUT2D eigenvalue weighted by Crippen LogP contribution is -2.02. The Hall–Kier alpha value is -19.0. The lowest BCUT2D eigenvalue weighted by atomic mass is 10.0. The van der Waals surface area contributed by atoms with Crippen LogP contribution in [0.1, 0.15) is 0 Å². The standard InChI is InChI=1S/C80H34F8N16O24/c81-57-49-50(58(82)66(122-42-19-3-34(4-20-42)98(107)108)65(57)121-41-17-1-33(2-18-41)97(105)106)74-89-73(49)93-75-51-52(60(84)68(124-44-23-7-36(8-24-44)100(111)112)67(59(51)83)123-43-21-5-35(6-22-43)99(109)110)77(90-75)95-79-55-56(64(88)72(128-48-31-15-40(16-32-48)104(119)120)71(63(55)87)127-47-29-13-39(14-30-47)103(117)118)80(92-79)96-78-54-53(76(91-78)94-74)61(85)69(125-45-25-9-37(10-26-45)101(113)114)70(62(54)86)126-46-27-11-38(12-28-46)102(115)116/h1-32H,(H2,89,90,91,92,93,94,95,96). The lowest BCUT2D eigenvalue weighted by molar-refractivity contribution is -0.385. The van der Waals surface area contributed by atoms with E-state index in [9.17, 15) is 80.9 Å². The smallest absolute Gasteiger partial charge is 0.269 e. The van der Waals surface area contributed by atoms with Crippen LogP contribution in [-0.2, 0) is 0 Å². The Morgan fingerprint density at radius 1 is 0.195 bits per heavy atom. The Balaban J connectivity index is 1.05. The number of halogens is 8. The van der Waals surface area contributed by atoms with Gasteiger partial charge in [-0.15, -0.1) is 0 Å². The summed E-state index contributed by atoms with van der Waals surface area (Å²) in [5.74, 6) is -35.9. The molecule has 15 aromatic rings. The number of aromatic nitrogens is 8. The fourth-order valence-electron chi connectivity index (χ4n) is 13.1. The van der Waals surface area contributed by atoms with Crippen molar-refractivity contribution in [1.29, 1.82) is 0 Å². The Morgan fingerprint density at radius 2 is 0.320 bits per heavy atom. The van der Waals surface area contributed by atoms with Crippen LogP contribution in [0.15, 0.2) is 194 Å². The summed E-state index contributed by atoms with van der Waals surface area (Å²) >= 11 is 0. The van der Waals surface area contributed by atoms with Gasteiger partial charge in [0.15, 0.2) is 69.8 Å². The highest BCUT2D eigenvalue weighted by Crippen LogP contribution is 2.56. The molecule has 0 amide bonds. The minimum atomic E-state index is -1.90. The van der Waals surface area contributed by atoms with Gasteiger partial charge in [-0.3, -0.25) is 80.9 Å². The second-order valence-corrected chi connectivity index (χ2v) is 26.6. The topological polar surface area (TPSA) is 528 Å². The van der Waals surface area contributed by atoms with Gasteiger partial charge in [0.05, 0.1) is 83.2 Å². The lowest BCUT2D eigenvalue weighted by Gasteiger charge is -2.17. The van der Waals surface area contributed by atoms with Crippen LogP contribution in [0.2, 0.25) is 0 Å². The van der Waals surface area contributed by atoms with Crippen molar-refractivity contribution in [3.8, 4) is 138 Å². The molecule has 3 aromatic heterocycles. The molecule has 634 valence electrons. The van der Waals surface area contributed by atoms with E-state index in [1.807, 2.05) is 0 Å². The van der Waals surface area contributed by atoms with Crippen LogP contribution in [-0.4, -0.2) is 79.3 Å². The second kappa shape index (κ2) is 31.9. The summed E-state index contributed by atoms with van der Waals surface area (Å²) in [6.07, 6.45) is 0. The quantitative estimate of drug-likeness (QED) is 0.0322. The zero-order valence-corrected chi connectivity index (χ0v) is 62.6. The van der Waals surface area contributed by atoms with Crippen molar-refractivity contribution < 1.29 is 112 Å². The first-order chi connectivity index (χ1) is 61.3. The van der Waals surface area contributed by atoms with Gasteiger partial charge in [-0.25, -0.2) is 65.0 Å². The van der Waals surface area contributed by atoms with Crippen LogP contribution in [0.25, 0.3) is 89.7 Å². The number of fused-ring (bicyclic) bond motifs is 20. The molecule has 8 bridgehead atoms. The van der Waals surface area contributed by atoms with E-state index >= 15 is 35.1 Å². The predicted octanol–water partition coefficient (Wildman–Crippen LogP) is 21.6. The Bertz CT molecular complexity index is 6670. The molecule has 2 N–H and O–H groups in total. The number of aromatic amines is 2. The van der Waals surface area contributed by atoms with Crippen LogP contribution >= 0.6 is 0 Å². The van der Waals surface area contributed by atoms with Gasteiger partial charge in [0, 0.05) is 97.1 Å². The molecular formula is C80H34F8N16O24. The molecule has 0 spiro atoms. The summed E-state index contributed by atoms with van der Waals surface area (Å²) in [5, 5.41) is 90.1. The van der Waals surface area contributed by atoms with Gasteiger partial charge in [-0.1, -0.05) is 0 Å². The first-order valence-corrected chi connectivity index (χ1v) is 35.7. The first-order valence-electron chi connectivity index (χ1n) is 35.7. The van der Waals surface area contributed by atoms with E-state index in [-0.39, 0.29) is 0 Å². The molecule has 0 saturated heterocycles. The van der Waals surface area contributed by atoms with Crippen LogP contribution in [0.3, 0.4) is 0 Å². The van der Waals surface area contributed by atoms with Crippen LogP contribution in [0, 0.1) is 127 Å². The first kappa shape index (κ1) is 81.4. The minimum Gasteiger partial charge on any atom is -0.450 e. The second-order valence-electron chi connectivity index (χ2n) is 26.6. The number of nitrogens with zero attached hydrogens (tertiary/aromatic N) is 14. The maximum absolute atomic E-state index is 19.1. The molecule has 128 heavy (non-hydrogen) atoms. The summed E-state index contributed by atoms with van der Waals surface area (Å²) in [7, 11) is 0. The highest BCUT2D eigenvalue weighted by Gasteiger charge is 2.41. The molecule has 0 fully saturated rings. The van der Waals surface area contributed by atoms with E-state index in [4.69, 9.17) is 37.9 Å². The Kier molecular flexibility index (Phi) is 20.3. The van der Waals surface area contributed by atoms with Gasteiger partial charge in [0.1, 0.15) is 68.6 Å². The molecule has 5 heterocycles. The van der Waals surface area contributed by atoms with Crippen LogP contribution < -0.4 is 37.9 Å². The molecule has 0 radical (unpaired) electrons. The van der Waals surface area contributed by atoms with Gasteiger partial charge < -0.3 is 47.9 Å². The molecule has 0 unspecified atom stereocenters. The summed E-state index contributed by atoms with van der Waals surface area (Å²) in [6, 6.07) is 27.5. The molecule has 17 rings (SSSR count). The molecule has 2 aliphatic heterocycles. The van der Waals surface area contributed by atoms with Crippen molar-refractivity contribution >= 4 is 89.6 Å². The largest absolute Gasteiger partial charge is 0.450 e. The number of non-ortho nitro benzene ring substituents is 8. The third-order valence-electron chi connectivity index (χ3n) is 18.9. The third-order valence-corrected chi connectivity index (χ3v) is 18.9. The van der Waals surface area contributed by atoms with Gasteiger partial charge >= 0.3 is 0 Å². The summed E-state index contributed by atoms with van der Waals surface area (Å²) < 4.78 is 200. The SMILES string of the molecule is O=[N+]([O-])c1ccc(Oc2c(F)c3c(c(F)c2Oc2ccc([N+](=O)[O-])cc2)-c2nc-3nc3[nH]c(nc4nc(nc5[nH]c(n2)c2c(F)c(Oc6ccc([N+](=O)[O-])cc6)c(Oc6ccc([N+](=O)[O-])cc6)c(F)c52)-c2c(F)c(Oc5ccc([N+](=O)[O-])cc5)c(Oc5ccc([N+](=O)[O-])cc5)c(F)c2-4)c2c(F)c(Oc4ccc([N+](=O)[O-])cc4)c(Oc4ccc([N+](=O)[O-])cc4)c(F)c32)cc1. The maximum atomic E-state index is 19.1. The maximum Gasteiger partial charge on any atom is 0.269 e. The number of benzene rings is 12. The number of H-pyrrole nitrogens is 2. The number of hydrogen-bond donors (Lipinski definition) is 2. The molecule has 12 aromatic carbocycles. The molecule has 2 aliphatic rings. The number of nitrogens with one attached hydrogen (secondary N) is 2. The van der Waals surface area contributed by atoms with Gasteiger partial charge in [-0.05, 0) is 97.1 Å². The Morgan fingerprint density at radius 3 is 0.445 bits per heavy atom. The Labute approximate surface area is 698 Å². The highest BCUT2D eigenvalue weighted by molar-refractivity contribution is 6.09. The van der Waals surface area contributed by atoms with E-state index in [1.165, 1.54) is 0 Å². The van der Waals surface area contributed by atoms with E-state index in [0.717, 1.165) is 194 Å². The number of hydrogen-bond acceptors (Lipinski definition) is 30. The zero-order chi connectivity index (χ0) is 90.3. The van der Waals surface area contributed by atoms with Crippen molar-refractivity contribution in [3.05, 3.63) is 322 Å². The van der Waals surface area contributed by atoms with Crippen molar-refractivity contribution in [2.45, 2.75) is 0 Å². The number of nitro benzene ring substituents is 8. The van der Waals surface area contributed by atoms with E-state index in [2.05, 4.69) is 39.9 Å². The molecular weight excluding hydrogens is 1720 g/mol. The minimum absolute atomic E-state index is 0.564.